The van der Waals surface area contributed by atoms with E-state index in [1.54, 1.807) is 12.1 Å². The number of carbonyl (C=O) groups is 2. The Morgan fingerprint density at radius 3 is 1.89 bits per heavy atom. The van der Waals surface area contributed by atoms with Gasteiger partial charge in [-0.2, -0.15) is 0 Å². The van der Waals surface area contributed by atoms with Crippen molar-refractivity contribution in [3.63, 3.8) is 0 Å². The molecule has 0 aliphatic carbocycles. The quantitative estimate of drug-likeness (QED) is 0.297. The number of ether oxygens (including phenoxy) is 3. The molecule has 28 heavy (non-hydrogen) atoms. The number of rotatable bonds is 13. The summed E-state index contributed by atoms with van der Waals surface area (Å²) in [6.45, 7) is 3.76. The highest BCUT2D eigenvalue weighted by Crippen LogP contribution is 2.39. The van der Waals surface area contributed by atoms with Crippen molar-refractivity contribution < 1.29 is 34.0 Å². The number of benzene rings is 1. The zero-order chi connectivity index (χ0) is 21.1. The number of methoxy groups -OCH3 is 2. The molecule has 7 nitrogen and oxygen atoms in total. The molecule has 0 bridgehead atoms. The Labute approximate surface area is 166 Å². The predicted octanol–water partition coefficient (Wildman–Crippen LogP) is 3.80. The van der Waals surface area contributed by atoms with E-state index in [1.165, 1.54) is 14.2 Å². The van der Waals surface area contributed by atoms with Gasteiger partial charge in [0.15, 0.2) is 11.5 Å². The fraction of sp³-hybridized carbons (Fsp3) is 0.619. The van der Waals surface area contributed by atoms with E-state index in [2.05, 4.69) is 0 Å². The number of aliphatic hydroxyl groups excluding tert-OH is 1. The van der Waals surface area contributed by atoms with Crippen molar-refractivity contribution in [1.29, 1.82) is 0 Å². The van der Waals surface area contributed by atoms with Gasteiger partial charge < -0.3 is 24.4 Å². The van der Waals surface area contributed by atoms with Crippen LogP contribution in [0.1, 0.15) is 57.9 Å². The number of hydrogen-bond acceptors (Lipinski definition) is 6. The highest BCUT2D eigenvalue weighted by molar-refractivity contribution is 5.75. The first-order valence-corrected chi connectivity index (χ1v) is 9.58. The van der Waals surface area contributed by atoms with Gasteiger partial charge in [0, 0.05) is 12.8 Å². The standard InChI is InChI=1S/C21H32O7/c1-14(9-19(23)24)7-5-6-8-15(2)10-20(25)28-21-17(26-3)11-16(13-22)12-18(21)27-4/h11-12,14-15,22H,5-10,13H2,1-4H3,(H,23,24). The van der Waals surface area contributed by atoms with Crippen LogP contribution in [0.3, 0.4) is 0 Å². The Hall–Kier alpha value is -2.28. The van der Waals surface area contributed by atoms with Crippen molar-refractivity contribution in [3.8, 4) is 17.2 Å². The number of esters is 1. The van der Waals surface area contributed by atoms with Crippen LogP contribution in [0.2, 0.25) is 0 Å². The first kappa shape index (κ1) is 23.8. The van der Waals surface area contributed by atoms with Crippen LogP contribution in [0, 0.1) is 11.8 Å². The Morgan fingerprint density at radius 1 is 0.964 bits per heavy atom. The topological polar surface area (TPSA) is 102 Å². The molecule has 1 aromatic rings. The smallest absolute Gasteiger partial charge is 0.311 e. The number of unbranched alkanes of at least 4 members (excludes halogenated alkanes) is 1. The van der Waals surface area contributed by atoms with Crippen LogP contribution in [0.5, 0.6) is 17.2 Å². The second-order valence-corrected chi connectivity index (χ2v) is 7.26. The third-order valence-electron chi connectivity index (χ3n) is 4.60. The molecule has 0 saturated heterocycles. The molecule has 158 valence electrons. The van der Waals surface area contributed by atoms with E-state index in [0.717, 1.165) is 25.7 Å². The molecule has 0 radical (unpaired) electrons. The summed E-state index contributed by atoms with van der Waals surface area (Å²) < 4.78 is 16.0. The van der Waals surface area contributed by atoms with Crippen LogP contribution in [-0.4, -0.2) is 36.4 Å². The molecule has 0 fully saturated rings. The first-order chi connectivity index (χ1) is 13.3. The largest absolute Gasteiger partial charge is 0.493 e. The van der Waals surface area contributed by atoms with Crippen molar-refractivity contribution in [2.45, 2.75) is 59.0 Å². The third kappa shape index (κ3) is 8.17. The molecule has 1 aromatic carbocycles. The van der Waals surface area contributed by atoms with Crippen LogP contribution < -0.4 is 14.2 Å². The van der Waals surface area contributed by atoms with Gasteiger partial charge in [0.05, 0.1) is 20.8 Å². The van der Waals surface area contributed by atoms with E-state index in [-0.39, 0.29) is 43.0 Å². The second-order valence-electron chi connectivity index (χ2n) is 7.26. The van der Waals surface area contributed by atoms with Gasteiger partial charge in [0.2, 0.25) is 5.75 Å². The van der Waals surface area contributed by atoms with Crippen molar-refractivity contribution >= 4 is 11.9 Å². The predicted molar refractivity (Wildman–Crippen MR) is 105 cm³/mol. The van der Waals surface area contributed by atoms with Gasteiger partial charge >= 0.3 is 11.9 Å². The average Bonchev–Trinajstić information content (AvgIpc) is 2.64. The molecule has 0 aliphatic heterocycles. The third-order valence-corrected chi connectivity index (χ3v) is 4.60. The molecule has 0 heterocycles. The van der Waals surface area contributed by atoms with E-state index in [1.807, 2.05) is 13.8 Å². The van der Waals surface area contributed by atoms with Crippen molar-refractivity contribution in [2.24, 2.45) is 11.8 Å². The molecule has 2 N–H and O–H groups in total. The Bertz CT molecular complexity index is 617. The molecule has 0 aliphatic rings. The van der Waals surface area contributed by atoms with Crippen LogP contribution in [-0.2, 0) is 16.2 Å². The molecule has 0 saturated carbocycles. The monoisotopic (exact) mass is 396 g/mol. The molecular weight excluding hydrogens is 364 g/mol. The highest BCUT2D eigenvalue weighted by atomic mass is 16.6. The Morgan fingerprint density at radius 2 is 1.46 bits per heavy atom. The molecule has 7 heteroatoms. The summed E-state index contributed by atoms with van der Waals surface area (Å²) in [6.07, 6.45) is 4.08. The lowest BCUT2D eigenvalue weighted by Gasteiger charge is -2.16. The van der Waals surface area contributed by atoms with E-state index in [0.29, 0.717) is 17.1 Å². The van der Waals surface area contributed by atoms with E-state index < -0.39 is 5.97 Å². The number of hydrogen-bond donors (Lipinski definition) is 2. The van der Waals surface area contributed by atoms with Gasteiger partial charge in [-0.25, -0.2) is 0 Å². The summed E-state index contributed by atoms with van der Waals surface area (Å²) in [6, 6.07) is 3.21. The summed E-state index contributed by atoms with van der Waals surface area (Å²) in [5, 5.41) is 18.1. The maximum Gasteiger partial charge on any atom is 0.311 e. The van der Waals surface area contributed by atoms with E-state index >= 15 is 0 Å². The first-order valence-electron chi connectivity index (χ1n) is 9.58. The molecule has 0 aromatic heterocycles. The van der Waals surface area contributed by atoms with Crippen LogP contribution in [0.25, 0.3) is 0 Å². The Balaban J connectivity index is 2.52. The number of carbonyl (C=O) groups excluding carboxylic acids is 1. The molecule has 2 unspecified atom stereocenters. The van der Waals surface area contributed by atoms with Crippen molar-refractivity contribution in [3.05, 3.63) is 17.7 Å². The summed E-state index contributed by atoms with van der Waals surface area (Å²) in [7, 11) is 2.92. The summed E-state index contributed by atoms with van der Waals surface area (Å²) in [5.74, 6) is 0.0488. The Kier molecular flexibility index (Phi) is 10.4. The fourth-order valence-corrected chi connectivity index (χ4v) is 3.05. The summed E-state index contributed by atoms with van der Waals surface area (Å²) in [4.78, 5) is 23.0. The minimum Gasteiger partial charge on any atom is -0.493 e. The van der Waals surface area contributed by atoms with Gasteiger partial charge in [-0.1, -0.05) is 39.5 Å². The van der Waals surface area contributed by atoms with E-state index in [4.69, 9.17) is 19.3 Å². The molecule has 0 spiro atoms. The summed E-state index contributed by atoms with van der Waals surface area (Å²) >= 11 is 0. The van der Waals surface area contributed by atoms with Gasteiger partial charge in [-0.05, 0) is 29.5 Å². The SMILES string of the molecule is COc1cc(CO)cc(OC)c1OC(=O)CC(C)CCCCC(C)CC(=O)O. The average molecular weight is 396 g/mol. The maximum atomic E-state index is 12.3. The van der Waals surface area contributed by atoms with Gasteiger partial charge in [0.1, 0.15) is 0 Å². The number of carboxylic acid groups (broad SMARTS) is 1. The molecule has 1 rings (SSSR count). The minimum atomic E-state index is -0.763. The summed E-state index contributed by atoms with van der Waals surface area (Å²) in [5.41, 5.74) is 0.596. The van der Waals surface area contributed by atoms with Gasteiger partial charge in [-0.3, -0.25) is 9.59 Å². The van der Waals surface area contributed by atoms with Crippen molar-refractivity contribution in [1.82, 2.24) is 0 Å². The molecular formula is C21H32O7. The molecule has 0 amide bonds. The second kappa shape index (κ2) is 12.2. The highest BCUT2D eigenvalue weighted by Gasteiger charge is 2.19. The number of aliphatic carboxylic acids is 1. The fourth-order valence-electron chi connectivity index (χ4n) is 3.05. The zero-order valence-corrected chi connectivity index (χ0v) is 17.2. The normalized spacial score (nSPS) is 12.9. The molecule has 2 atom stereocenters. The van der Waals surface area contributed by atoms with Gasteiger partial charge in [0.25, 0.3) is 0 Å². The lowest BCUT2D eigenvalue weighted by Crippen LogP contribution is -2.14. The minimum absolute atomic E-state index is 0.149. The van der Waals surface area contributed by atoms with E-state index in [9.17, 15) is 14.7 Å². The lowest BCUT2D eigenvalue weighted by molar-refractivity contribution is -0.138. The maximum absolute atomic E-state index is 12.3. The number of carboxylic acids is 1. The van der Waals surface area contributed by atoms with Gasteiger partial charge in [-0.15, -0.1) is 0 Å². The lowest BCUT2D eigenvalue weighted by atomic mass is 9.96. The number of aliphatic hydroxyl groups is 1. The van der Waals surface area contributed by atoms with Crippen LogP contribution in [0.4, 0.5) is 0 Å². The van der Waals surface area contributed by atoms with Crippen LogP contribution >= 0.6 is 0 Å². The zero-order valence-electron chi connectivity index (χ0n) is 17.2. The van der Waals surface area contributed by atoms with Crippen LogP contribution in [0.15, 0.2) is 12.1 Å². The van der Waals surface area contributed by atoms with Crippen molar-refractivity contribution in [2.75, 3.05) is 14.2 Å².